The molecule has 2 amide bonds. The summed E-state index contributed by atoms with van der Waals surface area (Å²) >= 11 is 12.0. The second-order valence-electron chi connectivity index (χ2n) is 6.62. The minimum Gasteiger partial charge on any atom is -0.450 e. The number of furan rings is 1. The Bertz CT molecular complexity index is 1510. The molecular formula is C18H14Cl2N2O9S2. The number of hydrogen-bond donors (Lipinski definition) is 2. The standard InChI is InChI=1S/C18H14Cl2N2O9S2/c1-32(25,26)30-9-6-12-14(13(7-9)31-33(2,27)28)15(22-18(21)24)17(29-12)16(23)10-4-3-8(19)5-11(10)20/h3-7H,1-2H3,(H3,21,22,24). The Morgan fingerprint density at radius 3 is 2.18 bits per heavy atom. The molecule has 0 bridgehead atoms. The molecule has 0 unspecified atom stereocenters. The average Bonchev–Trinajstić information content (AvgIpc) is 2.96. The number of carbonyl (C=O) groups is 2. The number of primary amides is 1. The van der Waals surface area contributed by atoms with Crippen molar-refractivity contribution in [2.75, 3.05) is 17.8 Å². The molecule has 176 valence electrons. The highest BCUT2D eigenvalue weighted by Crippen LogP contribution is 2.42. The van der Waals surface area contributed by atoms with E-state index in [2.05, 4.69) is 5.32 Å². The van der Waals surface area contributed by atoms with E-state index in [4.69, 9.17) is 41.7 Å². The molecule has 0 saturated heterocycles. The molecular weight excluding hydrogens is 523 g/mol. The Balaban J connectivity index is 2.35. The Hall–Kier alpha value is -3.00. The van der Waals surface area contributed by atoms with Crippen molar-refractivity contribution >= 4 is 71.9 Å². The molecule has 3 N–H and O–H groups in total. The number of hydrogen-bond acceptors (Lipinski definition) is 9. The van der Waals surface area contributed by atoms with Crippen LogP contribution in [0.5, 0.6) is 11.5 Å². The van der Waals surface area contributed by atoms with Gasteiger partial charge < -0.3 is 23.8 Å². The zero-order valence-electron chi connectivity index (χ0n) is 16.7. The summed E-state index contributed by atoms with van der Waals surface area (Å²) in [5.74, 6) is -2.20. The van der Waals surface area contributed by atoms with Crippen LogP contribution in [0.15, 0.2) is 34.7 Å². The van der Waals surface area contributed by atoms with Crippen LogP contribution < -0.4 is 19.4 Å². The Labute approximate surface area is 197 Å². The van der Waals surface area contributed by atoms with Gasteiger partial charge in [0.1, 0.15) is 17.0 Å². The molecule has 0 saturated carbocycles. The third-order valence-electron chi connectivity index (χ3n) is 3.85. The topological polar surface area (TPSA) is 172 Å². The zero-order chi connectivity index (χ0) is 24.7. The van der Waals surface area contributed by atoms with Crippen molar-refractivity contribution in [3.05, 3.63) is 51.7 Å². The first kappa shape index (κ1) is 24.6. The number of nitrogens with one attached hydrogen (secondary N) is 1. The van der Waals surface area contributed by atoms with Crippen LogP contribution in [-0.4, -0.2) is 41.2 Å². The van der Waals surface area contributed by atoms with Crippen LogP contribution in [0.3, 0.4) is 0 Å². The highest BCUT2D eigenvalue weighted by atomic mass is 35.5. The van der Waals surface area contributed by atoms with E-state index >= 15 is 0 Å². The zero-order valence-corrected chi connectivity index (χ0v) is 19.9. The van der Waals surface area contributed by atoms with Crippen molar-refractivity contribution in [1.29, 1.82) is 0 Å². The van der Waals surface area contributed by atoms with Gasteiger partial charge in [-0.2, -0.15) is 16.8 Å². The van der Waals surface area contributed by atoms with Crippen molar-refractivity contribution < 1.29 is 39.2 Å². The van der Waals surface area contributed by atoms with Crippen molar-refractivity contribution in [3.63, 3.8) is 0 Å². The molecule has 0 aliphatic heterocycles. The summed E-state index contributed by atoms with van der Waals surface area (Å²) in [5, 5.41) is 2.21. The van der Waals surface area contributed by atoms with Crippen LogP contribution in [0.2, 0.25) is 10.0 Å². The molecule has 0 spiro atoms. The molecule has 1 aromatic heterocycles. The van der Waals surface area contributed by atoms with Crippen molar-refractivity contribution in [1.82, 2.24) is 0 Å². The van der Waals surface area contributed by atoms with E-state index in [9.17, 15) is 26.4 Å². The Morgan fingerprint density at radius 1 is 1.00 bits per heavy atom. The molecule has 11 nitrogen and oxygen atoms in total. The van der Waals surface area contributed by atoms with Crippen LogP contribution in [0, 0.1) is 0 Å². The van der Waals surface area contributed by atoms with Crippen molar-refractivity contribution in [3.8, 4) is 11.5 Å². The van der Waals surface area contributed by atoms with Gasteiger partial charge in [0.25, 0.3) is 0 Å². The summed E-state index contributed by atoms with van der Waals surface area (Å²) in [6.07, 6.45) is 1.48. The Kier molecular flexibility index (Phi) is 6.53. The number of nitrogens with two attached hydrogens (primary N) is 1. The number of amides is 2. The summed E-state index contributed by atoms with van der Waals surface area (Å²) in [4.78, 5) is 24.8. The normalized spacial score (nSPS) is 11.9. The lowest BCUT2D eigenvalue weighted by Crippen LogP contribution is -2.20. The molecule has 33 heavy (non-hydrogen) atoms. The largest absolute Gasteiger partial charge is 0.450 e. The lowest BCUT2D eigenvalue weighted by atomic mass is 10.1. The van der Waals surface area contributed by atoms with Gasteiger partial charge in [0.2, 0.25) is 5.78 Å². The molecule has 0 fully saturated rings. The lowest BCUT2D eigenvalue weighted by Gasteiger charge is -2.09. The van der Waals surface area contributed by atoms with E-state index in [1.165, 1.54) is 18.2 Å². The quantitative estimate of drug-likeness (QED) is 0.339. The molecule has 0 aliphatic rings. The highest BCUT2D eigenvalue weighted by Gasteiger charge is 2.29. The summed E-state index contributed by atoms with van der Waals surface area (Å²) < 4.78 is 61.9. The minimum absolute atomic E-state index is 0.0355. The number of fused-ring (bicyclic) bond motifs is 1. The van der Waals surface area contributed by atoms with Gasteiger partial charge in [-0.3, -0.25) is 4.79 Å². The van der Waals surface area contributed by atoms with Gasteiger partial charge in [-0.25, -0.2) is 4.79 Å². The number of urea groups is 1. The molecule has 3 aromatic rings. The van der Waals surface area contributed by atoms with Gasteiger partial charge in [-0.15, -0.1) is 0 Å². The number of carbonyl (C=O) groups excluding carboxylic acids is 2. The fraction of sp³-hybridized carbons (Fsp3) is 0.111. The number of benzene rings is 2. The maximum atomic E-state index is 13.2. The smallest absolute Gasteiger partial charge is 0.316 e. The summed E-state index contributed by atoms with van der Waals surface area (Å²) in [6.45, 7) is 0. The minimum atomic E-state index is -4.16. The predicted molar refractivity (Wildman–Crippen MR) is 120 cm³/mol. The summed E-state index contributed by atoms with van der Waals surface area (Å²) in [5.41, 5.74) is 4.56. The van der Waals surface area contributed by atoms with E-state index in [0.29, 0.717) is 0 Å². The number of halogens is 2. The third-order valence-corrected chi connectivity index (χ3v) is 5.37. The molecule has 0 aliphatic carbocycles. The van der Waals surface area contributed by atoms with Gasteiger partial charge in [-0.05, 0) is 18.2 Å². The van der Waals surface area contributed by atoms with Gasteiger partial charge in [-0.1, -0.05) is 23.2 Å². The van der Waals surface area contributed by atoms with Gasteiger partial charge in [0, 0.05) is 22.7 Å². The van der Waals surface area contributed by atoms with Crippen molar-refractivity contribution in [2.24, 2.45) is 5.73 Å². The summed E-state index contributed by atoms with van der Waals surface area (Å²) in [7, 11) is -8.19. The van der Waals surface area contributed by atoms with Crippen LogP contribution in [0.4, 0.5) is 10.5 Å². The van der Waals surface area contributed by atoms with Crippen LogP contribution >= 0.6 is 23.2 Å². The average molecular weight is 537 g/mol. The van der Waals surface area contributed by atoms with Gasteiger partial charge in [0.05, 0.1) is 22.9 Å². The number of ketones is 1. The fourth-order valence-electron chi connectivity index (χ4n) is 2.82. The van der Waals surface area contributed by atoms with E-state index < -0.39 is 43.6 Å². The maximum absolute atomic E-state index is 13.2. The van der Waals surface area contributed by atoms with E-state index in [1.807, 2.05) is 0 Å². The molecule has 15 heteroatoms. The first-order chi connectivity index (χ1) is 15.1. The van der Waals surface area contributed by atoms with E-state index in [0.717, 1.165) is 24.6 Å². The molecule has 1 heterocycles. The van der Waals surface area contributed by atoms with Gasteiger partial charge >= 0.3 is 26.3 Å². The first-order valence-corrected chi connectivity index (χ1v) is 13.0. The van der Waals surface area contributed by atoms with E-state index in [-0.39, 0.29) is 38.0 Å². The molecule has 0 atom stereocenters. The lowest BCUT2D eigenvalue weighted by molar-refractivity contribution is 0.101. The first-order valence-electron chi connectivity index (χ1n) is 8.60. The fourth-order valence-corrected chi connectivity index (χ4v) is 4.21. The Morgan fingerprint density at radius 2 is 1.64 bits per heavy atom. The maximum Gasteiger partial charge on any atom is 0.316 e. The molecule has 2 aromatic carbocycles. The third kappa shape index (κ3) is 5.87. The number of anilines is 1. The summed E-state index contributed by atoms with van der Waals surface area (Å²) in [6, 6.07) is 4.86. The van der Waals surface area contributed by atoms with Crippen LogP contribution in [0.1, 0.15) is 16.1 Å². The van der Waals surface area contributed by atoms with Gasteiger partial charge in [0.15, 0.2) is 11.5 Å². The predicted octanol–water partition coefficient (Wildman–Crippen LogP) is 3.14. The second-order valence-corrected chi connectivity index (χ2v) is 10.6. The monoisotopic (exact) mass is 536 g/mol. The van der Waals surface area contributed by atoms with E-state index in [1.54, 1.807) is 0 Å². The molecule has 0 radical (unpaired) electrons. The second kappa shape index (κ2) is 8.74. The van der Waals surface area contributed by atoms with Crippen LogP contribution in [0.25, 0.3) is 11.0 Å². The van der Waals surface area contributed by atoms with Crippen LogP contribution in [-0.2, 0) is 20.2 Å². The molecule has 3 rings (SSSR count). The van der Waals surface area contributed by atoms with Crippen molar-refractivity contribution in [2.45, 2.75) is 0 Å². The SMILES string of the molecule is CS(=O)(=O)Oc1cc(OS(C)(=O)=O)c2c(NC(N)=O)c(C(=O)c3ccc(Cl)cc3Cl)oc2c1. The highest BCUT2D eigenvalue weighted by molar-refractivity contribution is 7.86. The number of rotatable bonds is 7.